The Bertz CT molecular complexity index is 922. The van der Waals surface area contributed by atoms with Gasteiger partial charge in [-0.1, -0.05) is 19.9 Å². The maximum atomic E-state index is 12.7. The van der Waals surface area contributed by atoms with Crippen LogP contribution in [0, 0.1) is 17.4 Å². The number of halogens is 1. The highest BCUT2D eigenvalue weighted by Gasteiger charge is 2.23. The zero-order chi connectivity index (χ0) is 19.5. The van der Waals surface area contributed by atoms with Gasteiger partial charge in [0, 0.05) is 27.9 Å². The van der Waals surface area contributed by atoms with Gasteiger partial charge in [-0.3, -0.25) is 4.79 Å². The number of hydrogen-bond donors (Lipinski definition) is 1. The number of amides is 1. The van der Waals surface area contributed by atoms with Crippen molar-refractivity contribution in [1.29, 1.82) is 0 Å². The van der Waals surface area contributed by atoms with E-state index in [2.05, 4.69) is 27.9 Å². The van der Waals surface area contributed by atoms with Crippen molar-refractivity contribution in [3.8, 4) is 0 Å². The van der Waals surface area contributed by atoms with Crippen molar-refractivity contribution in [2.24, 2.45) is 0 Å². The monoisotopic (exact) mass is 486 g/mol. The van der Waals surface area contributed by atoms with Gasteiger partial charge >= 0.3 is 0 Å². The van der Waals surface area contributed by atoms with Crippen molar-refractivity contribution < 1.29 is 13.2 Å². The van der Waals surface area contributed by atoms with Crippen LogP contribution < -0.4 is 5.32 Å². The lowest BCUT2D eigenvalue weighted by molar-refractivity contribution is 0.102. The molecule has 0 fully saturated rings. The molecule has 0 aliphatic rings. The summed E-state index contributed by atoms with van der Waals surface area (Å²) in [6.45, 7) is 8.08. The first-order valence-electron chi connectivity index (χ1n) is 8.39. The molecule has 7 heteroatoms. The minimum atomic E-state index is -3.61. The first-order valence-corrected chi connectivity index (χ1v) is 10.9. The molecule has 1 amide bonds. The van der Waals surface area contributed by atoms with E-state index in [0.717, 1.165) is 14.7 Å². The van der Waals surface area contributed by atoms with Crippen molar-refractivity contribution in [2.45, 2.75) is 32.6 Å². The number of nitrogens with zero attached hydrogens (tertiary/aromatic N) is 1. The van der Waals surface area contributed by atoms with Crippen LogP contribution in [0.3, 0.4) is 0 Å². The van der Waals surface area contributed by atoms with E-state index in [-0.39, 0.29) is 10.8 Å². The number of aryl methyl sites for hydroxylation is 2. The summed E-state index contributed by atoms with van der Waals surface area (Å²) in [7, 11) is -3.61. The highest BCUT2D eigenvalue weighted by atomic mass is 127. The Morgan fingerprint density at radius 2 is 1.69 bits per heavy atom. The Labute approximate surface area is 169 Å². The van der Waals surface area contributed by atoms with Crippen molar-refractivity contribution in [3.05, 3.63) is 56.7 Å². The van der Waals surface area contributed by atoms with E-state index in [9.17, 15) is 13.2 Å². The van der Waals surface area contributed by atoms with Gasteiger partial charge in [0.1, 0.15) is 0 Å². The van der Waals surface area contributed by atoms with E-state index in [0.29, 0.717) is 24.3 Å². The average molecular weight is 486 g/mol. The summed E-state index contributed by atoms with van der Waals surface area (Å²) in [4.78, 5) is 12.9. The van der Waals surface area contributed by atoms with Crippen molar-refractivity contribution in [1.82, 2.24) is 4.31 Å². The van der Waals surface area contributed by atoms with Gasteiger partial charge in [0.15, 0.2) is 0 Å². The van der Waals surface area contributed by atoms with Crippen LogP contribution in [0.15, 0.2) is 41.3 Å². The zero-order valence-electron chi connectivity index (χ0n) is 15.3. The van der Waals surface area contributed by atoms with Gasteiger partial charge < -0.3 is 5.32 Å². The third-order valence-corrected chi connectivity index (χ3v) is 6.95. The predicted octanol–water partition coefficient (Wildman–Crippen LogP) is 4.19. The number of rotatable bonds is 6. The standard InChI is InChI=1S/C19H23IN2O3S/c1-5-22(6-2)26(24,25)16-9-7-13(3)17(12-16)19(23)21-18-10-8-15(20)11-14(18)4/h7-12H,5-6H2,1-4H3,(H,21,23). The molecule has 0 aliphatic carbocycles. The highest BCUT2D eigenvalue weighted by Crippen LogP contribution is 2.22. The smallest absolute Gasteiger partial charge is 0.255 e. The third kappa shape index (κ3) is 4.44. The van der Waals surface area contributed by atoms with Gasteiger partial charge in [0.05, 0.1) is 4.90 Å². The molecule has 0 saturated carbocycles. The summed E-state index contributed by atoms with van der Waals surface area (Å²) in [6.07, 6.45) is 0. The van der Waals surface area contributed by atoms with Gasteiger partial charge in [0.25, 0.3) is 5.91 Å². The van der Waals surface area contributed by atoms with E-state index in [1.807, 2.05) is 25.1 Å². The number of anilines is 1. The number of nitrogens with one attached hydrogen (secondary N) is 1. The van der Waals surface area contributed by atoms with Crippen LogP contribution in [0.5, 0.6) is 0 Å². The minimum Gasteiger partial charge on any atom is -0.322 e. The fourth-order valence-corrected chi connectivity index (χ4v) is 4.81. The van der Waals surface area contributed by atoms with E-state index in [1.54, 1.807) is 32.9 Å². The SMILES string of the molecule is CCN(CC)S(=O)(=O)c1ccc(C)c(C(=O)Nc2ccc(I)cc2C)c1. The summed E-state index contributed by atoms with van der Waals surface area (Å²) in [5, 5.41) is 2.88. The number of sulfonamides is 1. The Kier molecular flexibility index (Phi) is 6.81. The molecular formula is C19H23IN2O3S. The van der Waals surface area contributed by atoms with Crippen molar-refractivity contribution in [3.63, 3.8) is 0 Å². The van der Waals surface area contributed by atoms with Crippen LogP contribution in [0.2, 0.25) is 0 Å². The van der Waals surface area contributed by atoms with Crippen LogP contribution in [-0.4, -0.2) is 31.7 Å². The molecule has 0 aromatic heterocycles. The Morgan fingerprint density at radius 3 is 2.27 bits per heavy atom. The molecule has 5 nitrogen and oxygen atoms in total. The van der Waals surface area contributed by atoms with Crippen molar-refractivity contribution >= 4 is 44.2 Å². The second-order valence-electron chi connectivity index (χ2n) is 5.98. The molecule has 1 N–H and O–H groups in total. The second-order valence-corrected chi connectivity index (χ2v) is 9.16. The van der Waals surface area contributed by atoms with Crippen LogP contribution in [0.25, 0.3) is 0 Å². The fourth-order valence-electron chi connectivity index (χ4n) is 2.68. The minimum absolute atomic E-state index is 0.135. The molecule has 2 aromatic rings. The van der Waals surface area contributed by atoms with Gasteiger partial charge in [-0.25, -0.2) is 8.42 Å². The lowest BCUT2D eigenvalue weighted by Crippen LogP contribution is -2.30. The lowest BCUT2D eigenvalue weighted by atomic mass is 10.1. The summed E-state index contributed by atoms with van der Waals surface area (Å²) >= 11 is 2.21. The molecular weight excluding hydrogens is 463 g/mol. The molecule has 0 unspecified atom stereocenters. The number of carbonyl (C=O) groups excluding carboxylic acids is 1. The second kappa shape index (κ2) is 8.49. The average Bonchev–Trinajstić information content (AvgIpc) is 2.58. The van der Waals surface area contributed by atoms with Gasteiger partial charge in [0.2, 0.25) is 10.0 Å². The van der Waals surface area contributed by atoms with Crippen LogP contribution in [-0.2, 0) is 10.0 Å². The number of benzene rings is 2. The third-order valence-electron chi connectivity index (χ3n) is 4.23. The van der Waals surface area contributed by atoms with E-state index >= 15 is 0 Å². The van der Waals surface area contributed by atoms with Crippen LogP contribution >= 0.6 is 22.6 Å². The molecule has 0 radical (unpaired) electrons. The summed E-state index contributed by atoms with van der Waals surface area (Å²) in [5.41, 5.74) is 2.75. The van der Waals surface area contributed by atoms with Crippen LogP contribution in [0.1, 0.15) is 35.3 Å². The predicted molar refractivity (Wildman–Crippen MR) is 113 cm³/mol. The molecule has 0 bridgehead atoms. The van der Waals surface area contributed by atoms with Gasteiger partial charge in [-0.2, -0.15) is 4.31 Å². The molecule has 0 heterocycles. The molecule has 2 rings (SSSR count). The maximum Gasteiger partial charge on any atom is 0.255 e. The lowest BCUT2D eigenvalue weighted by Gasteiger charge is -2.19. The van der Waals surface area contributed by atoms with Gasteiger partial charge in [-0.05, 0) is 77.9 Å². The quantitative estimate of drug-likeness (QED) is 0.623. The van der Waals surface area contributed by atoms with Crippen molar-refractivity contribution in [2.75, 3.05) is 18.4 Å². The van der Waals surface area contributed by atoms with E-state index < -0.39 is 10.0 Å². The highest BCUT2D eigenvalue weighted by molar-refractivity contribution is 14.1. The summed E-state index contributed by atoms with van der Waals surface area (Å²) in [6, 6.07) is 10.4. The summed E-state index contributed by atoms with van der Waals surface area (Å²) < 4.78 is 27.9. The number of hydrogen-bond acceptors (Lipinski definition) is 3. The zero-order valence-corrected chi connectivity index (χ0v) is 18.3. The molecule has 0 spiro atoms. The first-order chi connectivity index (χ1) is 12.2. The van der Waals surface area contributed by atoms with E-state index in [1.165, 1.54) is 10.4 Å². The molecule has 2 aromatic carbocycles. The Hall–Kier alpha value is -1.45. The normalized spacial score (nSPS) is 11.6. The molecule has 26 heavy (non-hydrogen) atoms. The Balaban J connectivity index is 2.39. The molecule has 140 valence electrons. The Morgan fingerprint density at radius 1 is 1.04 bits per heavy atom. The number of carbonyl (C=O) groups is 1. The van der Waals surface area contributed by atoms with E-state index in [4.69, 9.17) is 0 Å². The fraction of sp³-hybridized carbons (Fsp3) is 0.316. The van der Waals surface area contributed by atoms with Crippen LogP contribution in [0.4, 0.5) is 5.69 Å². The topological polar surface area (TPSA) is 66.5 Å². The first kappa shape index (κ1) is 20.9. The summed E-state index contributed by atoms with van der Waals surface area (Å²) in [5.74, 6) is -0.316. The van der Waals surface area contributed by atoms with Gasteiger partial charge in [-0.15, -0.1) is 0 Å². The maximum absolute atomic E-state index is 12.7. The molecule has 0 aliphatic heterocycles. The largest absolute Gasteiger partial charge is 0.322 e. The molecule has 0 atom stereocenters. The molecule has 0 saturated heterocycles.